The van der Waals surface area contributed by atoms with Gasteiger partial charge in [-0.1, -0.05) is 42.8 Å². The molecular formula is C21H24ClN3O3. The van der Waals surface area contributed by atoms with Gasteiger partial charge in [0.05, 0.1) is 18.8 Å². The predicted octanol–water partition coefficient (Wildman–Crippen LogP) is 2.75. The second-order valence-corrected chi connectivity index (χ2v) is 7.09. The van der Waals surface area contributed by atoms with Crippen molar-refractivity contribution in [3.05, 3.63) is 59.1 Å². The average Bonchev–Trinajstić information content (AvgIpc) is 2.71. The third-order valence-electron chi connectivity index (χ3n) is 4.44. The van der Waals surface area contributed by atoms with Crippen molar-refractivity contribution in [2.45, 2.75) is 26.0 Å². The molecule has 0 aliphatic carbocycles. The van der Waals surface area contributed by atoms with E-state index in [2.05, 4.69) is 10.6 Å². The maximum atomic E-state index is 12.5. The van der Waals surface area contributed by atoms with Gasteiger partial charge in [0.25, 0.3) is 5.91 Å². The van der Waals surface area contributed by atoms with Crippen molar-refractivity contribution in [2.75, 3.05) is 24.5 Å². The Morgan fingerprint density at radius 3 is 2.64 bits per heavy atom. The van der Waals surface area contributed by atoms with Crippen LogP contribution in [0.1, 0.15) is 18.9 Å². The minimum absolute atomic E-state index is 0.126. The molecule has 0 saturated heterocycles. The fraction of sp³-hybridized carbons (Fsp3) is 0.333. The van der Waals surface area contributed by atoms with Crippen molar-refractivity contribution in [2.24, 2.45) is 0 Å². The molecule has 0 saturated carbocycles. The summed E-state index contributed by atoms with van der Waals surface area (Å²) in [4.78, 5) is 26.7. The van der Waals surface area contributed by atoms with E-state index < -0.39 is 6.10 Å². The maximum absolute atomic E-state index is 12.5. The summed E-state index contributed by atoms with van der Waals surface area (Å²) in [5.41, 5.74) is 1.78. The molecule has 0 unspecified atom stereocenters. The van der Waals surface area contributed by atoms with Crippen LogP contribution in [0.3, 0.4) is 0 Å². The lowest BCUT2D eigenvalue weighted by Gasteiger charge is -2.35. The van der Waals surface area contributed by atoms with Crippen LogP contribution in [0.25, 0.3) is 0 Å². The zero-order valence-electron chi connectivity index (χ0n) is 15.8. The summed E-state index contributed by atoms with van der Waals surface area (Å²) in [6, 6.07) is 14.8. The first-order valence-electron chi connectivity index (χ1n) is 9.36. The molecule has 0 spiro atoms. The van der Waals surface area contributed by atoms with Gasteiger partial charge in [-0.15, -0.1) is 0 Å². The van der Waals surface area contributed by atoms with Crippen molar-refractivity contribution < 1.29 is 14.3 Å². The molecule has 2 aromatic carbocycles. The zero-order valence-corrected chi connectivity index (χ0v) is 16.5. The molecule has 2 amide bonds. The van der Waals surface area contributed by atoms with E-state index in [1.165, 1.54) is 0 Å². The predicted molar refractivity (Wildman–Crippen MR) is 110 cm³/mol. The topological polar surface area (TPSA) is 70.7 Å². The monoisotopic (exact) mass is 401 g/mol. The minimum Gasteiger partial charge on any atom is -0.477 e. The Labute approximate surface area is 169 Å². The summed E-state index contributed by atoms with van der Waals surface area (Å²) < 4.78 is 5.85. The van der Waals surface area contributed by atoms with Gasteiger partial charge in [-0.25, -0.2) is 0 Å². The van der Waals surface area contributed by atoms with Crippen molar-refractivity contribution in [3.8, 4) is 5.75 Å². The van der Waals surface area contributed by atoms with Crippen LogP contribution < -0.4 is 20.3 Å². The summed E-state index contributed by atoms with van der Waals surface area (Å²) in [5.74, 6) is 0.318. The van der Waals surface area contributed by atoms with E-state index in [-0.39, 0.29) is 18.4 Å². The molecule has 0 fully saturated rings. The number of fused-ring (bicyclic) bond motifs is 1. The van der Waals surface area contributed by atoms with Crippen molar-refractivity contribution >= 4 is 29.1 Å². The van der Waals surface area contributed by atoms with Crippen LogP contribution in [0.4, 0.5) is 5.69 Å². The summed E-state index contributed by atoms with van der Waals surface area (Å²) in [6.45, 7) is 3.48. The van der Waals surface area contributed by atoms with Crippen LogP contribution in [-0.2, 0) is 16.1 Å². The lowest BCUT2D eigenvalue weighted by molar-refractivity contribution is -0.128. The highest BCUT2D eigenvalue weighted by atomic mass is 35.5. The molecule has 28 heavy (non-hydrogen) atoms. The standard InChI is InChI=1S/C21H24ClN3O3/c1-2-11-23-21(27)19-13-25(17-5-3-4-6-18(17)28-19)14-20(26)24-12-15-7-9-16(22)10-8-15/h3-10,19H,2,11-14H2,1H3,(H,23,27)(H,24,26)/t19-/m0/s1. The Morgan fingerprint density at radius 1 is 1.14 bits per heavy atom. The summed E-state index contributed by atoms with van der Waals surface area (Å²) >= 11 is 5.88. The molecule has 148 valence electrons. The number of rotatable bonds is 7. The number of amides is 2. The Kier molecular flexibility index (Phi) is 6.76. The average molecular weight is 402 g/mol. The molecule has 2 N–H and O–H groups in total. The SMILES string of the molecule is CCCNC(=O)[C@@H]1CN(CC(=O)NCc2ccc(Cl)cc2)c2ccccc2O1. The fourth-order valence-corrected chi connectivity index (χ4v) is 3.11. The van der Waals surface area contributed by atoms with Crippen LogP contribution in [0, 0.1) is 0 Å². The van der Waals surface area contributed by atoms with E-state index in [4.69, 9.17) is 16.3 Å². The second kappa shape index (κ2) is 9.46. The highest BCUT2D eigenvalue weighted by Gasteiger charge is 2.31. The molecule has 1 aliphatic heterocycles. The number of nitrogens with zero attached hydrogens (tertiary/aromatic N) is 1. The van der Waals surface area contributed by atoms with Crippen LogP contribution >= 0.6 is 11.6 Å². The van der Waals surface area contributed by atoms with Gasteiger partial charge < -0.3 is 20.3 Å². The molecule has 2 aromatic rings. The van der Waals surface area contributed by atoms with Gasteiger partial charge in [0.1, 0.15) is 5.75 Å². The lowest BCUT2D eigenvalue weighted by Crippen LogP contribution is -2.51. The van der Waals surface area contributed by atoms with Crippen LogP contribution in [0.2, 0.25) is 5.02 Å². The van der Waals surface area contributed by atoms with Crippen LogP contribution in [0.15, 0.2) is 48.5 Å². The van der Waals surface area contributed by atoms with E-state index in [0.29, 0.717) is 30.4 Å². The highest BCUT2D eigenvalue weighted by Crippen LogP contribution is 2.32. The van der Waals surface area contributed by atoms with Gasteiger partial charge in [0, 0.05) is 18.1 Å². The molecule has 7 heteroatoms. The van der Waals surface area contributed by atoms with Gasteiger partial charge in [0.15, 0.2) is 6.10 Å². The van der Waals surface area contributed by atoms with Gasteiger partial charge >= 0.3 is 0 Å². The van der Waals surface area contributed by atoms with Gasteiger partial charge in [-0.2, -0.15) is 0 Å². The fourth-order valence-electron chi connectivity index (χ4n) is 2.99. The Morgan fingerprint density at radius 2 is 1.89 bits per heavy atom. The Hall–Kier alpha value is -2.73. The Balaban J connectivity index is 1.64. The molecule has 0 aromatic heterocycles. The minimum atomic E-state index is -0.648. The molecule has 1 atom stereocenters. The number of ether oxygens (including phenoxy) is 1. The number of anilines is 1. The van der Waals surface area contributed by atoms with E-state index >= 15 is 0 Å². The van der Waals surface area contributed by atoms with E-state index in [1.54, 1.807) is 12.1 Å². The van der Waals surface area contributed by atoms with Crippen molar-refractivity contribution in [1.29, 1.82) is 0 Å². The first-order chi connectivity index (χ1) is 13.6. The van der Waals surface area contributed by atoms with E-state index in [0.717, 1.165) is 17.7 Å². The van der Waals surface area contributed by atoms with Crippen molar-refractivity contribution in [1.82, 2.24) is 10.6 Å². The third kappa shape index (κ3) is 5.16. The van der Waals surface area contributed by atoms with Gasteiger partial charge in [-0.3, -0.25) is 9.59 Å². The molecule has 0 radical (unpaired) electrons. The Bertz CT molecular complexity index is 826. The highest BCUT2D eigenvalue weighted by molar-refractivity contribution is 6.30. The first kappa shape index (κ1) is 20.0. The second-order valence-electron chi connectivity index (χ2n) is 6.65. The normalized spacial score (nSPS) is 15.4. The number of hydrogen-bond donors (Lipinski definition) is 2. The van der Waals surface area contributed by atoms with E-state index in [1.807, 2.05) is 48.2 Å². The smallest absolute Gasteiger partial charge is 0.262 e. The summed E-state index contributed by atoms with van der Waals surface area (Å²) in [6.07, 6.45) is 0.205. The molecular weight excluding hydrogens is 378 g/mol. The number of hydrogen-bond acceptors (Lipinski definition) is 4. The number of benzene rings is 2. The first-order valence-corrected chi connectivity index (χ1v) is 9.74. The van der Waals surface area contributed by atoms with Crippen LogP contribution in [0.5, 0.6) is 5.75 Å². The number of nitrogens with one attached hydrogen (secondary N) is 2. The molecule has 1 heterocycles. The van der Waals surface area contributed by atoms with E-state index in [9.17, 15) is 9.59 Å². The quantitative estimate of drug-likeness (QED) is 0.748. The largest absolute Gasteiger partial charge is 0.477 e. The summed E-state index contributed by atoms with van der Waals surface area (Å²) in [7, 11) is 0. The zero-order chi connectivity index (χ0) is 19.9. The summed E-state index contributed by atoms with van der Waals surface area (Å²) in [5, 5.41) is 6.43. The van der Waals surface area contributed by atoms with Gasteiger partial charge in [0.2, 0.25) is 5.91 Å². The third-order valence-corrected chi connectivity index (χ3v) is 4.69. The lowest BCUT2D eigenvalue weighted by atomic mass is 10.1. The molecule has 6 nitrogen and oxygen atoms in total. The molecule has 3 rings (SSSR count). The van der Waals surface area contributed by atoms with Crippen molar-refractivity contribution in [3.63, 3.8) is 0 Å². The van der Waals surface area contributed by atoms with Gasteiger partial charge in [-0.05, 0) is 36.2 Å². The number of para-hydroxylation sites is 2. The maximum Gasteiger partial charge on any atom is 0.262 e. The number of carbonyl (C=O) groups excluding carboxylic acids is 2. The molecule has 0 bridgehead atoms. The van der Waals surface area contributed by atoms with Crippen LogP contribution in [-0.4, -0.2) is 37.6 Å². The number of halogens is 1. The molecule has 1 aliphatic rings. The number of carbonyl (C=O) groups is 2.